The van der Waals surface area contributed by atoms with Gasteiger partial charge in [0.15, 0.2) is 13.2 Å². The van der Waals surface area contributed by atoms with Crippen LogP contribution in [0.5, 0.6) is 11.5 Å². The summed E-state index contributed by atoms with van der Waals surface area (Å²) in [4.78, 5) is 23.2. The van der Waals surface area contributed by atoms with Crippen molar-refractivity contribution in [2.75, 3.05) is 25.6 Å². The van der Waals surface area contributed by atoms with E-state index in [0.717, 1.165) is 0 Å². The Hall–Kier alpha value is -3.09. The lowest BCUT2D eigenvalue weighted by Crippen LogP contribution is -2.23. The van der Waals surface area contributed by atoms with E-state index in [9.17, 15) is 14.0 Å². The minimum atomic E-state index is -0.704. The molecule has 0 radical (unpaired) electrons. The summed E-state index contributed by atoms with van der Waals surface area (Å²) in [6.45, 7) is -0.806. The van der Waals surface area contributed by atoms with Gasteiger partial charge in [-0.25, -0.2) is 9.18 Å². The third-order valence-corrected chi connectivity index (χ3v) is 2.91. The minimum Gasteiger partial charge on any atom is -0.497 e. The summed E-state index contributed by atoms with van der Waals surface area (Å²) in [5.41, 5.74) is 0.555. The van der Waals surface area contributed by atoms with E-state index in [0.29, 0.717) is 17.2 Å². The number of ether oxygens (including phenoxy) is 3. The average molecular weight is 333 g/mol. The van der Waals surface area contributed by atoms with Gasteiger partial charge in [0.2, 0.25) is 0 Å². The monoisotopic (exact) mass is 333 g/mol. The maximum absolute atomic E-state index is 12.7. The van der Waals surface area contributed by atoms with Gasteiger partial charge in [-0.3, -0.25) is 4.79 Å². The van der Waals surface area contributed by atoms with Crippen LogP contribution in [0.25, 0.3) is 0 Å². The third-order valence-electron chi connectivity index (χ3n) is 2.91. The lowest BCUT2D eigenvalue weighted by molar-refractivity contribution is -0.149. The van der Waals surface area contributed by atoms with Crippen LogP contribution in [-0.2, 0) is 14.3 Å². The van der Waals surface area contributed by atoms with Crippen molar-refractivity contribution in [2.45, 2.75) is 0 Å². The molecule has 2 rings (SSSR count). The number of hydrogen-bond donors (Lipinski definition) is 1. The average Bonchev–Trinajstić information content (AvgIpc) is 2.60. The topological polar surface area (TPSA) is 73.9 Å². The van der Waals surface area contributed by atoms with Gasteiger partial charge in [0.05, 0.1) is 7.11 Å². The molecule has 0 bridgehead atoms. The van der Waals surface area contributed by atoms with Crippen molar-refractivity contribution in [3.8, 4) is 11.5 Å². The zero-order chi connectivity index (χ0) is 17.4. The normalized spacial score (nSPS) is 9.92. The molecule has 0 saturated heterocycles. The predicted octanol–water partition coefficient (Wildman–Crippen LogP) is 2.40. The molecule has 24 heavy (non-hydrogen) atoms. The highest BCUT2D eigenvalue weighted by molar-refractivity contribution is 5.92. The Morgan fingerprint density at radius 3 is 2.21 bits per heavy atom. The highest BCUT2D eigenvalue weighted by atomic mass is 19.1. The number of carbonyl (C=O) groups excluding carboxylic acids is 2. The first kappa shape index (κ1) is 17.3. The molecular weight excluding hydrogens is 317 g/mol. The summed E-state index contributed by atoms with van der Waals surface area (Å²) in [6, 6.07) is 11.9. The molecule has 2 aromatic rings. The van der Waals surface area contributed by atoms with Crippen LogP contribution >= 0.6 is 0 Å². The molecule has 1 N–H and O–H groups in total. The van der Waals surface area contributed by atoms with E-state index in [1.165, 1.54) is 24.3 Å². The number of hydrogen-bond acceptors (Lipinski definition) is 5. The summed E-state index contributed by atoms with van der Waals surface area (Å²) in [7, 11) is 1.54. The molecule has 0 heterocycles. The first-order valence-corrected chi connectivity index (χ1v) is 7.05. The van der Waals surface area contributed by atoms with E-state index in [1.54, 1.807) is 31.4 Å². The van der Waals surface area contributed by atoms with Crippen molar-refractivity contribution in [3.63, 3.8) is 0 Å². The second-order valence-electron chi connectivity index (χ2n) is 4.68. The number of methoxy groups -OCH3 is 1. The van der Waals surface area contributed by atoms with Crippen LogP contribution in [0.15, 0.2) is 48.5 Å². The molecule has 0 fully saturated rings. The molecule has 0 atom stereocenters. The van der Waals surface area contributed by atoms with Crippen LogP contribution in [-0.4, -0.2) is 32.2 Å². The van der Waals surface area contributed by atoms with Gasteiger partial charge in [0.1, 0.15) is 17.3 Å². The molecule has 1 amide bonds. The van der Waals surface area contributed by atoms with Gasteiger partial charge in [0, 0.05) is 5.69 Å². The van der Waals surface area contributed by atoms with Crippen LogP contribution in [0.2, 0.25) is 0 Å². The summed E-state index contributed by atoms with van der Waals surface area (Å²) < 4.78 is 27.6. The van der Waals surface area contributed by atoms with Crippen LogP contribution < -0.4 is 14.8 Å². The summed E-state index contributed by atoms with van der Waals surface area (Å²) in [5, 5.41) is 2.57. The van der Waals surface area contributed by atoms with Gasteiger partial charge in [-0.2, -0.15) is 0 Å². The smallest absolute Gasteiger partial charge is 0.344 e. The molecule has 126 valence electrons. The lowest BCUT2D eigenvalue weighted by atomic mass is 10.3. The van der Waals surface area contributed by atoms with Gasteiger partial charge < -0.3 is 19.5 Å². The van der Waals surface area contributed by atoms with Crippen molar-refractivity contribution < 1.29 is 28.2 Å². The Bertz CT molecular complexity index is 685. The Balaban J connectivity index is 1.70. The molecular formula is C17H16FNO5. The number of carbonyl (C=O) groups is 2. The van der Waals surface area contributed by atoms with Gasteiger partial charge >= 0.3 is 5.97 Å². The van der Waals surface area contributed by atoms with E-state index < -0.39 is 24.3 Å². The van der Waals surface area contributed by atoms with Crippen LogP contribution in [0.4, 0.5) is 10.1 Å². The molecule has 0 unspecified atom stereocenters. The molecule has 7 heteroatoms. The van der Waals surface area contributed by atoms with Gasteiger partial charge in [-0.05, 0) is 48.5 Å². The zero-order valence-corrected chi connectivity index (χ0v) is 13.0. The highest BCUT2D eigenvalue weighted by Gasteiger charge is 2.09. The number of amides is 1. The van der Waals surface area contributed by atoms with Crippen LogP contribution in [0.3, 0.4) is 0 Å². The van der Waals surface area contributed by atoms with Crippen molar-refractivity contribution in [3.05, 3.63) is 54.3 Å². The fourth-order valence-electron chi connectivity index (χ4n) is 1.73. The van der Waals surface area contributed by atoms with Crippen LogP contribution in [0.1, 0.15) is 0 Å². The first-order valence-electron chi connectivity index (χ1n) is 7.05. The van der Waals surface area contributed by atoms with E-state index in [4.69, 9.17) is 14.2 Å². The number of halogens is 1. The number of esters is 1. The fourth-order valence-corrected chi connectivity index (χ4v) is 1.73. The van der Waals surface area contributed by atoms with E-state index in [1.807, 2.05) is 0 Å². The first-order chi connectivity index (χ1) is 11.6. The van der Waals surface area contributed by atoms with Crippen molar-refractivity contribution >= 4 is 17.6 Å². The number of anilines is 1. The quantitative estimate of drug-likeness (QED) is 0.788. The maximum atomic E-state index is 12.7. The van der Waals surface area contributed by atoms with E-state index in [-0.39, 0.29) is 6.61 Å². The molecule has 0 spiro atoms. The molecule has 2 aromatic carbocycles. The number of benzene rings is 2. The Morgan fingerprint density at radius 2 is 1.58 bits per heavy atom. The lowest BCUT2D eigenvalue weighted by Gasteiger charge is -2.08. The second-order valence-corrected chi connectivity index (χ2v) is 4.68. The minimum absolute atomic E-state index is 0.330. The van der Waals surface area contributed by atoms with Crippen molar-refractivity contribution in [1.29, 1.82) is 0 Å². The zero-order valence-electron chi connectivity index (χ0n) is 13.0. The summed E-state index contributed by atoms with van der Waals surface area (Å²) >= 11 is 0. The van der Waals surface area contributed by atoms with Gasteiger partial charge in [0.25, 0.3) is 5.91 Å². The molecule has 0 saturated carbocycles. The second kappa shape index (κ2) is 8.52. The molecule has 6 nitrogen and oxygen atoms in total. The molecule has 0 aromatic heterocycles. The van der Waals surface area contributed by atoms with E-state index in [2.05, 4.69) is 5.32 Å². The van der Waals surface area contributed by atoms with Gasteiger partial charge in [-0.15, -0.1) is 0 Å². The highest BCUT2D eigenvalue weighted by Crippen LogP contribution is 2.15. The Labute approximate surface area is 138 Å². The predicted molar refractivity (Wildman–Crippen MR) is 84.5 cm³/mol. The van der Waals surface area contributed by atoms with Gasteiger partial charge in [-0.1, -0.05) is 0 Å². The Morgan fingerprint density at radius 1 is 0.958 bits per heavy atom. The number of rotatable bonds is 7. The van der Waals surface area contributed by atoms with Crippen molar-refractivity contribution in [1.82, 2.24) is 0 Å². The van der Waals surface area contributed by atoms with E-state index >= 15 is 0 Å². The standard InChI is InChI=1S/C17H16FNO5/c1-22-14-8-4-13(5-9-14)19-16(20)10-24-17(21)11-23-15-6-2-12(18)3-7-15/h2-9H,10-11H2,1H3,(H,19,20). The Kier molecular flexibility index (Phi) is 6.13. The largest absolute Gasteiger partial charge is 0.497 e. The molecule has 0 aliphatic carbocycles. The SMILES string of the molecule is COc1ccc(NC(=O)COC(=O)COc2ccc(F)cc2)cc1. The van der Waals surface area contributed by atoms with Crippen molar-refractivity contribution in [2.24, 2.45) is 0 Å². The summed E-state index contributed by atoms with van der Waals surface area (Å²) in [5.74, 6) is -0.590. The maximum Gasteiger partial charge on any atom is 0.344 e. The molecule has 0 aliphatic heterocycles. The molecule has 0 aliphatic rings. The number of nitrogens with one attached hydrogen (secondary N) is 1. The third kappa shape index (κ3) is 5.60. The summed E-state index contributed by atoms with van der Waals surface area (Å²) in [6.07, 6.45) is 0. The van der Waals surface area contributed by atoms with Crippen LogP contribution in [0, 0.1) is 5.82 Å². The fraction of sp³-hybridized carbons (Fsp3) is 0.176.